The highest BCUT2D eigenvalue weighted by atomic mass is 32.1. The Morgan fingerprint density at radius 3 is 2.78 bits per heavy atom. The van der Waals surface area contributed by atoms with E-state index in [9.17, 15) is 9.59 Å². The zero-order chi connectivity index (χ0) is 16.4. The maximum absolute atomic E-state index is 12.2. The van der Waals surface area contributed by atoms with E-state index in [0.29, 0.717) is 16.5 Å². The van der Waals surface area contributed by atoms with Crippen molar-refractivity contribution < 1.29 is 14.3 Å². The third kappa shape index (κ3) is 3.59. The average molecular weight is 330 g/mol. The van der Waals surface area contributed by atoms with Gasteiger partial charge in [0.2, 0.25) is 5.91 Å². The van der Waals surface area contributed by atoms with Crippen LogP contribution in [-0.4, -0.2) is 24.0 Å². The smallest absolute Gasteiger partial charge is 0.341 e. The molecule has 3 rings (SSSR count). The van der Waals surface area contributed by atoms with Gasteiger partial charge < -0.3 is 10.1 Å². The number of carbonyl (C=O) groups excluding carboxylic acids is 2. The third-order valence-corrected chi connectivity index (χ3v) is 4.73. The van der Waals surface area contributed by atoms with E-state index >= 15 is 0 Å². The molecule has 2 heterocycles. The Balaban J connectivity index is 1.75. The molecule has 1 aliphatic rings. The second-order valence-corrected chi connectivity index (χ2v) is 6.57. The van der Waals surface area contributed by atoms with Crippen molar-refractivity contribution in [3.05, 3.63) is 46.1 Å². The predicted octanol–water partition coefficient (Wildman–Crippen LogP) is 3.30. The fraction of sp³-hybridized carbons (Fsp3) is 0.353. The molecule has 0 aromatic carbocycles. The highest BCUT2D eigenvalue weighted by Gasteiger charge is 2.32. The van der Waals surface area contributed by atoms with E-state index in [2.05, 4.69) is 10.3 Å². The second-order valence-electron chi connectivity index (χ2n) is 5.69. The Hall–Kier alpha value is -2.21. The van der Waals surface area contributed by atoms with Crippen molar-refractivity contribution >= 4 is 28.2 Å². The third-order valence-electron chi connectivity index (χ3n) is 3.82. The number of carbonyl (C=O) groups is 2. The minimum absolute atomic E-state index is 0.162. The lowest BCUT2D eigenvalue weighted by Crippen LogP contribution is -2.16. The van der Waals surface area contributed by atoms with Crippen LogP contribution in [0.4, 0.5) is 5.00 Å². The van der Waals surface area contributed by atoms with E-state index in [1.807, 2.05) is 24.4 Å². The van der Waals surface area contributed by atoms with Crippen LogP contribution in [0.1, 0.15) is 45.9 Å². The van der Waals surface area contributed by atoms with Gasteiger partial charge in [0.1, 0.15) is 5.00 Å². The van der Waals surface area contributed by atoms with Gasteiger partial charge in [-0.25, -0.2) is 4.79 Å². The van der Waals surface area contributed by atoms with Gasteiger partial charge in [-0.3, -0.25) is 9.78 Å². The molecule has 1 amide bonds. The number of anilines is 1. The Bertz CT molecular complexity index is 733. The van der Waals surface area contributed by atoms with Gasteiger partial charge >= 0.3 is 5.97 Å². The summed E-state index contributed by atoms with van der Waals surface area (Å²) in [5, 5.41) is 5.37. The number of methoxy groups -OCH3 is 1. The second kappa shape index (κ2) is 6.50. The summed E-state index contributed by atoms with van der Waals surface area (Å²) in [5.74, 6) is -0.127. The molecule has 6 heteroatoms. The van der Waals surface area contributed by atoms with Crippen LogP contribution in [-0.2, 0) is 16.0 Å². The Kier molecular flexibility index (Phi) is 4.43. The van der Waals surface area contributed by atoms with Crippen LogP contribution in [0, 0.1) is 6.92 Å². The number of amides is 1. The molecule has 0 radical (unpaired) electrons. The van der Waals surface area contributed by atoms with Crippen LogP contribution in [0.2, 0.25) is 0 Å². The molecule has 1 fully saturated rings. The lowest BCUT2D eigenvalue weighted by molar-refractivity contribution is -0.115. The minimum atomic E-state index is -0.388. The van der Waals surface area contributed by atoms with Crippen molar-refractivity contribution in [3.8, 4) is 0 Å². The molecule has 2 aromatic rings. The Morgan fingerprint density at radius 1 is 1.39 bits per heavy atom. The standard InChI is InChI=1S/C17H18N2O3S/c1-10-3-4-11(8-18-10)7-14(20)19-16-15(17(21)22-2)13(9-23-16)12-5-6-12/h3-4,8-9,12H,5-7H2,1-2H3,(H,19,20). The van der Waals surface area contributed by atoms with Gasteiger partial charge in [-0.1, -0.05) is 6.07 Å². The van der Waals surface area contributed by atoms with E-state index < -0.39 is 0 Å². The average Bonchev–Trinajstić information content (AvgIpc) is 3.30. The van der Waals surface area contributed by atoms with Crippen molar-refractivity contribution in [2.24, 2.45) is 0 Å². The molecule has 1 aliphatic carbocycles. The van der Waals surface area contributed by atoms with E-state index in [1.165, 1.54) is 18.4 Å². The molecule has 0 saturated heterocycles. The van der Waals surface area contributed by atoms with Gasteiger partial charge in [-0.15, -0.1) is 11.3 Å². The molecule has 0 bridgehead atoms. The van der Waals surface area contributed by atoms with Gasteiger partial charge in [0.25, 0.3) is 0 Å². The van der Waals surface area contributed by atoms with Gasteiger partial charge in [0, 0.05) is 11.9 Å². The molecule has 0 atom stereocenters. The fourth-order valence-corrected chi connectivity index (χ4v) is 3.48. The molecule has 2 aromatic heterocycles. The number of pyridine rings is 1. The van der Waals surface area contributed by atoms with E-state index in [0.717, 1.165) is 29.7 Å². The number of aromatic nitrogens is 1. The van der Waals surface area contributed by atoms with Crippen LogP contribution in [0.3, 0.4) is 0 Å². The first-order valence-electron chi connectivity index (χ1n) is 7.49. The number of nitrogens with zero attached hydrogens (tertiary/aromatic N) is 1. The summed E-state index contributed by atoms with van der Waals surface area (Å²) in [7, 11) is 1.36. The topological polar surface area (TPSA) is 68.3 Å². The SMILES string of the molecule is COC(=O)c1c(C2CC2)csc1NC(=O)Cc1ccc(C)nc1. The molecular formula is C17H18N2O3S. The van der Waals surface area contributed by atoms with Crippen molar-refractivity contribution in [2.45, 2.75) is 32.1 Å². The lowest BCUT2D eigenvalue weighted by atomic mass is 10.1. The summed E-state index contributed by atoms with van der Waals surface area (Å²) >= 11 is 1.38. The molecule has 1 saturated carbocycles. The lowest BCUT2D eigenvalue weighted by Gasteiger charge is -2.07. The maximum Gasteiger partial charge on any atom is 0.341 e. The summed E-state index contributed by atoms with van der Waals surface area (Å²) in [6, 6.07) is 3.76. The number of hydrogen-bond donors (Lipinski definition) is 1. The highest BCUT2D eigenvalue weighted by Crippen LogP contribution is 2.46. The Labute approximate surface area is 138 Å². The quantitative estimate of drug-likeness (QED) is 0.854. The first-order valence-corrected chi connectivity index (χ1v) is 8.37. The number of thiophene rings is 1. The number of aryl methyl sites for hydroxylation is 1. The van der Waals surface area contributed by atoms with Crippen LogP contribution >= 0.6 is 11.3 Å². The van der Waals surface area contributed by atoms with E-state index in [4.69, 9.17) is 4.74 Å². The molecule has 0 unspecified atom stereocenters. The summed E-state index contributed by atoms with van der Waals surface area (Å²) in [6.07, 6.45) is 4.09. The minimum Gasteiger partial charge on any atom is -0.465 e. The summed E-state index contributed by atoms with van der Waals surface area (Å²) in [5.41, 5.74) is 3.26. The predicted molar refractivity (Wildman–Crippen MR) is 88.9 cm³/mol. The molecule has 0 spiro atoms. The Morgan fingerprint density at radius 2 is 2.17 bits per heavy atom. The van der Waals surface area contributed by atoms with E-state index in [-0.39, 0.29) is 18.3 Å². The summed E-state index contributed by atoms with van der Waals surface area (Å²) < 4.78 is 4.87. The molecule has 5 nitrogen and oxygen atoms in total. The normalized spacial score (nSPS) is 13.7. The maximum atomic E-state index is 12.2. The molecule has 0 aliphatic heterocycles. The zero-order valence-corrected chi connectivity index (χ0v) is 13.9. The first kappa shape index (κ1) is 15.7. The number of rotatable bonds is 5. The van der Waals surface area contributed by atoms with E-state index in [1.54, 1.807) is 6.20 Å². The van der Waals surface area contributed by atoms with Gasteiger partial charge in [0.15, 0.2) is 0 Å². The number of nitrogens with one attached hydrogen (secondary N) is 1. The van der Waals surface area contributed by atoms with Crippen LogP contribution in [0.5, 0.6) is 0 Å². The number of ether oxygens (including phenoxy) is 1. The largest absolute Gasteiger partial charge is 0.465 e. The monoisotopic (exact) mass is 330 g/mol. The molecule has 23 heavy (non-hydrogen) atoms. The number of hydrogen-bond acceptors (Lipinski definition) is 5. The van der Waals surface area contributed by atoms with Gasteiger partial charge in [-0.2, -0.15) is 0 Å². The summed E-state index contributed by atoms with van der Waals surface area (Å²) in [4.78, 5) is 28.5. The molecular weight excluding hydrogens is 312 g/mol. The highest BCUT2D eigenvalue weighted by molar-refractivity contribution is 7.15. The van der Waals surface area contributed by atoms with Gasteiger partial charge in [0.05, 0.1) is 19.1 Å². The number of esters is 1. The van der Waals surface area contributed by atoms with Crippen molar-refractivity contribution in [1.29, 1.82) is 0 Å². The van der Waals surface area contributed by atoms with Crippen molar-refractivity contribution in [1.82, 2.24) is 4.98 Å². The van der Waals surface area contributed by atoms with Crippen molar-refractivity contribution in [3.63, 3.8) is 0 Å². The fourth-order valence-electron chi connectivity index (χ4n) is 2.43. The molecule has 120 valence electrons. The van der Waals surface area contributed by atoms with Gasteiger partial charge in [-0.05, 0) is 48.3 Å². The first-order chi connectivity index (χ1) is 11.1. The zero-order valence-electron chi connectivity index (χ0n) is 13.1. The van der Waals surface area contributed by atoms with Crippen molar-refractivity contribution in [2.75, 3.05) is 12.4 Å². The van der Waals surface area contributed by atoms with Crippen LogP contribution in [0.25, 0.3) is 0 Å². The van der Waals surface area contributed by atoms with Crippen LogP contribution in [0.15, 0.2) is 23.7 Å². The summed E-state index contributed by atoms with van der Waals surface area (Å²) in [6.45, 7) is 1.90. The van der Waals surface area contributed by atoms with Crippen LogP contribution < -0.4 is 5.32 Å². The molecule has 1 N–H and O–H groups in total.